The second kappa shape index (κ2) is 9.96. The van der Waals surface area contributed by atoms with Crippen molar-refractivity contribution in [3.05, 3.63) is 78.1 Å². The fourth-order valence-corrected chi connectivity index (χ4v) is 6.95. The number of carbonyl (C=O) groups is 1. The molecule has 1 amide bonds. The van der Waals surface area contributed by atoms with E-state index in [9.17, 15) is 13.2 Å². The SMILES string of the molecule is COc1ccc2sc(N(Cc3cccnc3)C(=O)C3CCCN3S(=O)(=O)c3ccc(C)cc3)nc2c1. The van der Waals surface area contributed by atoms with E-state index < -0.39 is 16.1 Å². The number of methoxy groups -OCH3 is 1. The van der Waals surface area contributed by atoms with Gasteiger partial charge in [0.2, 0.25) is 15.9 Å². The number of anilines is 1. The van der Waals surface area contributed by atoms with Crippen molar-refractivity contribution in [3.63, 3.8) is 0 Å². The predicted molar refractivity (Wildman–Crippen MR) is 140 cm³/mol. The lowest BCUT2D eigenvalue weighted by molar-refractivity contribution is -0.121. The molecule has 0 saturated carbocycles. The quantitative estimate of drug-likeness (QED) is 0.357. The lowest BCUT2D eigenvalue weighted by Crippen LogP contribution is -2.47. The Labute approximate surface area is 214 Å². The molecule has 5 rings (SSSR count). The zero-order valence-electron chi connectivity index (χ0n) is 20.0. The highest BCUT2D eigenvalue weighted by Gasteiger charge is 2.42. The molecule has 3 heterocycles. The number of benzene rings is 2. The third-order valence-corrected chi connectivity index (χ3v) is 9.24. The van der Waals surface area contributed by atoms with Gasteiger partial charge in [0.25, 0.3) is 0 Å². The Morgan fingerprint density at radius 2 is 2.00 bits per heavy atom. The lowest BCUT2D eigenvalue weighted by Gasteiger charge is -2.28. The number of ether oxygens (including phenoxy) is 1. The number of thiazole rings is 1. The number of rotatable bonds is 7. The van der Waals surface area contributed by atoms with Gasteiger partial charge in [-0.1, -0.05) is 35.1 Å². The van der Waals surface area contributed by atoms with Crippen molar-refractivity contribution >= 4 is 42.6 Å². The van der Waals surface area contributed by atoms with Gasteiger partial charge in [0.05, 0.1) is 28.8 Å². The van der Waals surface area contributed by atoms with Crippen LogP contribution < -0.4 is 9.64 Å². The normalized spacial score (nSPS) is 16.3. The van der Waals surface area contributed by atoms with E-state index >= 15 is 0 Å². The number of carbonyl (C=O) groups excluding carboxylic acids is 1. The van der Waals surface area contributed by atoms with Crippen LogP contribution in [0.15, 0.2) is 71.9 Å². The molecule has 8 nitrogen and oxygen atoms in total. The van der Waals surface area contributed by atoms with Gasteiger partial charge in [-0.25, -0.2) is 13.4 Å². The summed E-state index contributed by atoms with van der Waals surface area (Å²) in [6.45, 7) is 2.44. The number of aromatic nitrogens is 2. The third kappa shape index (κ3) is 4.71. The standard InChI is InChI=1S/C26H26N4O4S2/c1-18-7-10-21(11-8-18)36(32,33)30-14-4-6-23(30)25(31)29(17-19-5-3-13-27-16-19)26-28-22-15-20(34-2)9-12-24(22)35-26/h3,5,7-13,15-16,23H,4,6,14,17H2,1-2H3. The van der Waals surface area contributed by atoms with Crippen LogP contribution in [0, 0.1) is 6.92 Å². The van der Waals surface area contributed by atoms with Crippen molar-refractivity contribution in [1.82, 2.24) is 14.3 Å². The van der Waals surface area contributed by atoms with Gasteiger partial charge >= 0.3 is 0 Å². The summed E-state index contributed by atoms with van der Waals surface area (Å²) in [5.74, 6) is 0.383. The summed E-state index contributed by atoms with van der Waals surface area (Å²) in [5, 5.41) is 0.506. The summed E-state index contributed by atoms with van der Waals surface area (Å²) in [7, 11) is -2.24. The van der Waals surface area contributed by atoms with Crippen LogP contribution in [0.4, 0.5) is 5.13 Å². The summed E-state index contributed by atoms with van der Waals surface area (Å²) in [4.78, 5) is 24.7. The Kier molecular flexibility index (Phi) is 6.74. The zero-order valence-corrected chi connectivity index (χ0v) is 21.6. The van der Waals surface area contributed by atoms with Crippen LogP contribution in [-0.2, 0) is 21.4 Å². The van der Waals surface area contributed by atoms with Gasteiger partial charge in [-0.2, -0.15) is 4.31 Å². The van der Waals surface area contributed by atoms with Gasteiger partial charge in [0.1, 0.15) is 11.8 Å². The highest BCUT2D eigenvalue weighted by Crippen LogP contribution is 2.34. The number of amides is 1. The summed E-state index contributed by atoms with van der Waals surface area (Å²) in [6, 6.07) is 15.2. The molecule has 2 aromatic carbocycles. The second-order valence-corrected chi connectivity index (χ2v) is 11.6. The van der Waals surface area contributed by atoms with Crippen LogP contribution in [0.25, 0.3) is 10.2 Å². The fourth-order valence-electron chi connectivity index (χ4n) is 4.35. The first-order valence-electron chi connectivity index (χ1n) is 11.6. The van der Waals surface area contributed by atoms with E-state index in [1.165, 1.54) is 15.6 Å². The second-order valence-electron chi connectivity index (χ2n) is 8.70. The number of fused-ring (bicyclic) bond motifs is 1. The molecule has 0 radical (unpaired) electrons. The monoisotopic (exact) mass is 522 g/mol. The van der Waals surface area contributed by atoms with E-state index in [0.29, 0.717) is 35.8 Å². The van der Waals surface area contributed by atoms with E-state index in [2.05, 4.69) is 4.98 Å². The molecular weight excluding hydrogens is 496 g/mol. The first-order chi connectivity index (χ1) is 17.4. The van der Waals surface area contributed by atoms with Crippen LogP contribution >= 0.6 is 11.3 Å². The van der Waals surface area contributed by atoms with Gasteiger partial charge in [0, 0.05) is 25.0 Å². The minimum Gasteiger partial charge on any atom is -0.497 e. The van der Waals surface area contributed by atoms with E-state index in [1.807, 2.05) is 37.3 Å². The molecule has 1 saturated heterocycles. The lowest BCUT2D eigenvalue weighted by atomic mass is 10.2. The molecule has 1 unspecified atom stereocenters. The summed E-state index contributed by atoms with van der Waals surface area (Å²) in [5.41, 5.74) is 2.51. The molecule has 0 aliphatic carbocycles. The number of aryl methyl sites for hydroxylation is 1. The van der Waals surface area contributed by atoms with E-state index in [0.717, 1.165) is 15.8 Å². The molecule has 0 bridgehead atoms. The van der Waals surface area contributed by atoms with E-state index in [1.54, 1.807) is 48.7 Å². The Balaban J connectivity index is 1.52. The predicted octanol–water partition coefficient (Wildman–Crippen LogP) is 4.39. The smallest absolute Gasteiger partial charge is 0.247 e. The summed E-state index contributed by atoms with van der Waals surface area (Å²) < 4.78 is 34.6. The number of pyridine rings is 1. The van der Waals surface area contributed by atoms with Crippen LogP contribution in [-0.4, -0.2) is 48.3 Å². The first kappa shape index (κ1) is 24.4. The van der Waals surface area contributed by atoms with Crippen molar-refractivity contribution in [2.75, 3.05) is 18.6 Å². The molecule has 186 valence electrons. The van der Waals surface area contributed by atoms with Gasteiger partial charge in [0.15, 0.2) is 5.13 Å². The van der Waals surface area contributed by atoms with E-state index in [4.69, 9.17) is 9.72 Å². The number of hydrogen-bond acceptors (Lipinski definition) is 7. The minimum atomic E-state index is -3.83. The van der Waals surface area contributed by atoms with Gasteiger partial charge < -0.3 is 4.74 Å². The summed E-state index contributed by atoms with van der Waals surface area (Å²) in [6.07, 6.45) is 4.43. The maximum Gasteiger partial charge on any atom is 0.247 e. The molecule has 1 aliphatic heterocycles. The molecule has 4 aromatic rings. The minimum absolute atomic E-state index is 0.193. The van der Waals surface area contributed by atoms with Crippen molar-refractivity contribution in [1.29, 1.82) is 0 Å². The van der Waals surface area contributed by atoms with Gasteiger partial charge in [-0.05, 0) is 55.7 Å². The average Bonchev–Trinajstić information content (AvgIpc) is 3.55. The van der Waals surface area contributed by atoms with Crippen molar-refractivity contribution in [2.45, 2.75) is 37.2 Å². The maximum atomic E-state index is 14.0. The van der Waals surface area contributed by atoms with Gasteiger partial charge in [-0.3, -0.25) is 14.7 Å². The number of sulfonamides is 1. The van der Waals surface area contributed by atoms with E-state index in [-0.39, 0.29) is 17.3 Å². The molecule has 2 aromatic heterocycles. The largest absolute Gasteiger partial charge is 0.497 e. The molecule has 1 fully saturated rings. The first-order valence-corrected chi connectivity index (χ1v) is 13.9. The van der Waals surface area contributed by atoms with Crippen LogP contribution in [0.5, 0.6) is 5.75 Å². The molecule has 0 spiro atoms. The summed E-state index contributed by atoms with van der Waals surface area (Å²) >= 11 is 1.39. The Hall–Kier alpha value is -3.34. The highest BCUT2D eigenvalue weighted by molar-refractivity contribution is 7.89. The van der Waals surface area contributed by atoms with Crippen LogP contribution in [0.2, 0.25) is 0 Å². The molecule has 36 heavy (non-hydrogen) atoms. The topological polar surface area (TPSA) is 92.7 Å². The van der Waals surface area contributed by atoms with Crippen LogP contribution in [0.1, 0.15) is 24.0 Å². The molecule has 1 aliphatic rings. The fraction of sp³-hybridized carbons (Fsp3) is 0.269. The average molecular weight is 523 g/mol. The molecule has 10 heteroatoms. The highest BCUT2D eigenvalue weighted by atomic mass is 32.2. The zero-order chi connectivity index (χ0) is 25.3. The Bertz CT molecular complexity index is 1490. The van der Waals surface area contributed by atoms with Gasteiger partial charge in [-0.15, -0.1) is 0 Å². The van der Waals surface area contributed by atoms with Crippen molar-refractivity contribution < 1.29 is 17.9 Å². The Morgan fingerprint density at radius 3 is 2.72 bits per heavy atom. The van der Waals surface area contributed by atoms with Crippen molar-refractivity contribution in [2.24, 2.45) is 0 Å². The maximum absolute atomic E-state index is 14.0. The number of hydrogen-bond donors (Lipinski definition) is 0. The third-order valence-electron chi connectivity index (χ3n) is 6.26. The molecular formula is C26H26N4O4S2. The Morgan fingerprint density at radius 1 is 1.19 bits per heavy atom. The molecule has 0 N–H and O–H groups in total. The molecule has 1 atom stereocenters. The van der Waals surface area contributed by atoms with Crippen LogP contribution in [0.3, 0.4) is 0 Å². The number of nitrogens with zero attached hydrogens (tertiary/aromatic N) is 4. The van der Waals surface area contributed by atoms with Crippen molar-refractivity contribution in [3.8, 4) is 5.75 Å².